The maximum absolute atomic E-state index is 9.01. The Kier molecular flexibility index (Phi) is 4.67. The minimum atomic E-state index is -0.182. The van der Waals surface area contributed by atoms with Gasteiger partial charge >= 0.3 is 0 Å². The smallest absolute Gasteiger partial charge is 0.0683 e. The van der Waals surface area contributed by atoms with Crippen LogP contribution in [-0.4, -0.2) is 18.0 Å². The molecule has 20 heavy (non-hydrogen) atoms. The first-order valence-electron chi connectivity index (χ1n) is 7.52. The van der Waals surface area contributed by atoms with E-state index in [9.17, 15) is 0 Å². The number of nitrogens with two attached hydrogens (primary N) is 1. The van der Waals surface area contributed by atoms with Crippen molar-refractivity contribution in [1.82, 2.24) is 4.90 Å². The highest BCUT2D eigenvalue weighted by molar-refractivity contribution is 5.51. The Morgan fingerprint density at radius 3 is 2.90 bits per heavy atom. The molecule has 0 radical (unpaired) electrons. The molecule has 1 aliphatic rings. The third-order valence-corrected chi connectivity index (χ3v) is 4.22. The van der Waals surface area contributed by atoms with Gasteiger partial charge in [-0.1, -0.05) is 18.6 Å². The van der Waals surface area contributed by atoms with Gasteiger partial charge in [-0.15, -0.1) is 0 Å². The molecular weight excluding hydrogens is 246 g/mol. The zero-order valence-corrected chi connectivity index (χ0v) is 12.7. The fourth-order valence-corrected chi connectivity index (χ4v) is 2.81. The Morgan fingerprint density at radius 2 is 2.15 bits per heavy atom. The van der Waals surface area contributed by atoms with Crippen LogP contribution < -0.4 is 5.73 Å². The number of fused-ring (bicyclic) bond motifs is 1. The number of nitriles is 1. The van der Waals surface area contributed by atoms with Crippen molar-refractivity contribution in [3.8, 4) is 6.07 Å². The summed E-state index contributed by atoms with van der Waals surface area (Å²) in [6, 6.07) is 8.61. The first kappa shape index (κ1) is 14.9. The molecule has 3 heteroatoms. The second-order valence-corrected chi connectivity index (χ2v) is 6.46. The van der Waals surface area contributed by atoms with Gasteiger partial charge in [-0.25, -0.2) is 0 Å². The Balaban J connectivity index is 1.80. The van der Waals surface area contributed by atoms with E-state index in [4.69, 9.17) is 11.0 Å². The van der Waals surface area contributed by atoms with Crippen LogP contribution in [0.4, 0.5) is 5.69 Å². The van der Waals surface area contributed by atoms with Crippen molar-refractivity contribution >= 4 is 5.69 Å². The second kappa shape index (κ2) is 6.28. The van der Waals surface area contributed by atoms with E-state index in [1.807, 2.05) is 26.0 Å². The summed E-state index contributed by atoms with van der Waals surface area (Å²) in [5.41, 5.74) is 9.54. The van der Waals surface area contributed by atoms with Crippen molar-refractivity contribution in [2.45, 2.75) is 46.1 Å². The van der Waals surface area contributed by atoms with E-state index in [2.05, 4.69) is 17.0 Å². The van der Waals surface area contributed by atoms with E-state index in [1.54, 1.807) is 0 Å². The van der Waals surface area contributed by atoms with Gasteiger partial charge in [-0.05, 0) is 56.8 Å². The lowest BCUT2D eigenvalue weighted by Crippen LogP contribution is -2.32. The first-order valence-corrected chi connectivity index (χ1v) is 7.52. The molecule has 1 aromatic rings. The van der Waals surface area contributed by atoms with Crippen molar-refractivity contribution in [3.05, 3.63) is 29.3 Å². The highest BCUT2D eigenvalue weighted by Gasteiger charge is 2.19. The molecular formula is C17H25N3. The second-order valence-electron chi connectivity index (χ2n) is 6.46. The average Bonchev–Trinajstić information content (AvgIpc) is 2.44. The van der Waals surface area contributed by atoms with Gasteiger partial charge in [-0.2, -0.15) is 5.26 Å². The topological polar surface area (TPSA) is 53.0 Å². The van der Waals surface area contributed by atoms with E-state index in [-0.39, 0.29) is 5.41 Å². The van der Waals surface area contributed by atoms with Crippen LogP contribution in [0.2, 0.25) is 0 Å². The highest BCUT2D eigenvalue weighted by atomic mass is 15.1. The molecule has 0 saturated heterocycles. The lowest BCUT2D eigenvalue weighted by Gasteiger charge is -2.29. The molecule has 2 rings (SSSR count). The third kappa shape index (κ3) is 3.74. The fourth-order valence-electron chi connectivity index (χ4n) is 2.81. The van der Waals surface area contributed by atoms with Gasteiger partial charge in [0.25, 0.3) is 0 Å². The third-order valence-electron chi connectivity index (χ3n) is 4.22. The van der Waals surface area contributed by atoms with Gasteiger partial charge in [0.15, 0.2) is 0 Å². The van der Waals surface area contributed by atoms with Crippen LogP contribution in [0.5, 0.6) is 0 Å². The summed E-state index contributed by atoms with van der Waals surface area (Å²) >= 11 is 0. The zero-order valence-electron chi connectivity index (χ0n) is 12.7. The van der Waals surface area contributed by atoms with E-state index in [1.165, 1.54) is 11.1 Å². The predicted octanol–water partition coefficient (Wildman–Crippen LogP) is 3.35. The number of nitrogens with zero attached hydrogens (tertiary/aromatic N) is 2. The van der Waals surface area contributed by atoms with E-state index in [0.29, 0.717) is 0 Å². The Bertz CT molecular complexity index is 499. The molecule has 1 aliphatic heterocycles. The lowest BCUT2D eigenvalue weighted by atomic mass is 9.89. The van der Waals surface area contributed by atoms with Crippen LogP contribution in [0.25, 0.3) is 0 Å². The zero-order chi connectivity index (χ0) is 14.6. The fraction of sp³-hybridized carbons (Fsp3) is 0.588. The van der Waals surface area contributed by atoms with Crippen molar-refractivity contribution in [2.24, 2.45) is 5.41 Å². The Morgan fingerprint density at radius 1 is 1.35 bits per heavy atom. The quantitative estimate of drug-likeness (QED) is 0.660. The highest BCUT2D eigenvalue weighted by Crippen LogP contribution is 2.25. The normalized spacial score (nSPS) is 15.7. The molecule has 0 unspecified atom stereocenters. The first-order chi connectivity index (χ1) is 9.52. The summed E-state index contributed by atoms with van der Waals surface area (Å²) in [7, 11) is 0. The summed E-state index contributed by atoms with van der Waals surface area (Å²) < 4.78 is 0. The molecule has 2 N–H and O–H groups in total. The van der Waals surface area contributed by atoms with Crippen LogP contribution in [0.3, 0.4) is 0 Å². The number of nitrogen functional groups attached to an aromatic ring is 1. The molecule has 0 aromatic heterocycles. The SMILES string of the molecule is CC(C)(C#N)CCCCN1CCc2cccc(N)c2C1. The molecule has 108 valence electrons. The summed E-state index contributed by atoms with van der Waals surface area (Å²) in [4.78, 5) is 2.48. The van der Waals surface area contributed by atoms with Gasteiger partial charge in [-0.3, -0.25) is 4.90 Å². The standard InChI is InChI=1S/C17H25N3/c1-17(2,13-18)9-3-4-10-20-11-8-14-6-5-7-16(19)15(14)12-20/h5-7H,3-4,8-12,19H2,1-2H3. The molecule has 0 saturated carbocycles. The number of hydrogen-bond donors (Lipinski definition) is 1. The average molecular weight is 271 g/mol. The molecule has 0 amide bonds. The largest absolute Gasteiger partial charge is 0.398 e. The molecule has 3 nitrogen and oxygen atoms in total. The van der Waals surface area contributed by atoms with Crippen molar-refractivity contribution in [1.29, 1.82) is 5.26 Å². The van der Waals surface area contributed by atoms with Gasteiger partial charge in [0, 0.05) is 18.8 Å². The number of unbranched alkanes of at least 4 members (excludes halogenated alkanes) is 1. The number of benzene rings is 1. The van der Waals surface area contributed by atoms with Gasteiger partial charge in [0.2, 0.25) is 0 Å². The molecule has 0 fully saturated rings. The summed E-state index contributed by atoms with van der Waals surface area (Å²) in [6.45, 7) is 7.24. The number of rotatable bonds is 5. The number of hydrogen-bond acceptors (Lipinski definition) is 3. The van der Waals surface area contributed by atoms with Crippen LogP contribution in [0, 0.1) is 16.7 Å². The summed E-state index contributed by atoms with van der Waals surface area (Å²) in [6.07, 6.45) is 4.36. The molecule has 0 atom stereocenters. The van der Waals surface area contributed by atoms with Crippen molar-refractivity contribution in [3.63, 3.8) is 0 Å². The molecule has 1 heterocycles. The predicted molar refractivity (Wildman–Crippen MR) is 83.1 cm³/mol. The van der Waals surface area contributed by atoms with Crippen LogP contribution in [0.1, 0.15) is 44.2 Å². The summed E-state index contributed by atoms with van der Waals surface area (Å²) in [5, 5.41) is 9.01. The van der Waals surface area contributed by atoms with E-state index < -0.39 is 0 Å². The van der Waals surface area contributed by atoms with Crippen LogP contribution in [0.15, 0.2) is 18.2 Å². The number of anilines is 1. The molecule has 0 spiro atoms. The Hall–Kier alpha value is -1.53. The van der Waals surface area contributed by atoms with Crippen molar-refractivity contribution < 1.29 is 0 Å². The van der Waals surface area contributed by atoms with E-state index >= 15 is 0 Å². The lowest BCUT2D eigenvalue weighted by molar-refractivity contribution is 0.245. The molecule has 0 bridgehead atoms. The molecule has 1 aromatic carbocycles. The van der Waals surface area contributed by atoms with Crippen LogP contribution >= 0.6 is 0 Å². The van der Waals surface area contributed by atoms with Gasteiger partial charge < -0.3 is 5.73 Å². The van der Waals surface area contributed by atoms with Gasteiger partial charge in [0.1, 0.15) is 0 Å². The maximum atomic E-state index is 9.01. The van der Waals surface area contributed by atoms with Gasteiger partial charge in [0.05, 0.1) is 11.5 Å². The minimum absolute atomic E-state index is 0.182. The minimum Gasteiger partial charge on any atom is -0.398 e. The van der Waals surface area contributed by atoms with Crippen LogP contribution in [-0.2, 0) is 13.0 Å². The van der Waals surface area contributed by atoms with E-state index in [0.717, 1.165) is 51.0 Å². The Labute approximate surface area is 122 Å². The molecule has 0 aliphatic carbocycles. The monoisotopic (exact) mass is 271 g/mol. The summed E-state index contributed by atoms with van der Waals surface area (Å²) in [5.74, 6) is 0. The maximum Gasteiger partial charge on any atom is 0.0683 e. The van der Waals surface area contributed by atoms with Crippen molar-refractivity contribution in [2.75, 3.05) is 18.8 Å².